The first-order valence-corrected chi connectivity index (χ1v) is 9.81. The van der Waals surface area contributed by atoms with Gasteiger partial charge in [-0.1, -0.05) is 52.3 Å². The summed E-state index contributed by atoms with van der Waals surface area (Å²) in [6.45, 7) is 0. The van der Waals surface area contributed by atoms with Crippen LogP contribution >= 0.6 is 15.9 Å². The second-order valence-electron chi connectivity index (χ2n) is 6.41. The van der Waals surface area contributed by atoms with Crippen LogP contribution in [0.25, 0.3) is 6.08 Å². The van der Waals surface area contributed by atoms with Gasteiger partial charge in [0.15, 0.2) is 0 Å². The third-order valence-electron chi connectivity index (χ3n) is 4.41. The Labute approximate surface area is 180 Å². The van der Waals surface area contributed by atoms with Crippen molar-refractivity contribution in [3.8, 4) is 5.75 Å². The summed E-state index contributed by atoms with van der Waals surface area (Å²) < 4.78 is 6.35. The lowest BCUT2D eigenvalue weighted by Crippen LogP contribution is -2.35. The van der Waals surface area contributed by atoms with Crippen molar-refractivity contribution in [3.05, 3.63) is 100 Å². The minimum Gasteiger partial charge on any atom is -0.422 e. The zero-order chi connectivity index (χ0) is 21.1. The third-order valence-corrected chi connectivity index (χ3v) is 4.94. The molecule has 3 aromatic carbocycles. The quantitative estimate of drug-likeness (QED) is 0.273. The van der Waals surface area contributed by atoms with E-state index in [1.165, 1.54) is 11.1 Å². The average Bonchev–Trinajstić information content (AvgIpc) is 3.04. The van der Waals surface area contributed by atoms with Gasteiger partial charge in [-0.05, 0) is 48.5 Å². The lowest BCUT2D eigenvalue weighted by molar-refractivity contribution is -0.117. The molecule has 0 aromatic heterocycles. The Morgan fingerprint density at radius 2 is 1.57 bits per heavy atom. The van der Waals surface area contributed by atoms with Crippen molar-refractivity contribution in [1.29, 1.82) is 0 Å². The molecule has 2 amide bonds. The standard InChI is InChI=1S/C23H15BrN2O4/c24-17-12-10-15(11-13-17)23(29)30-20-9-5-4-6-16(20)14-19-21(27)25-26(22(19)28)18-7-2-1-3-8-18/h1-14H,(H,25,27). The van der Waals surface area contributed by atoms with Gasteiger partial charge in [0, 0.05) is 10.0 Å². The van der Waals surface area contributed by atoms with Gasteiger partial charge in [-0.3, -0.25) is 15.0 Å². The molecule has 1 aliphatic heterocycles. The number of para-hydroxylation sites is 2. The number of rotatable bonds is 4. The van der Waals surface area contributed by atoms with E-state index in [0.717, 1.165) is 4.47 Å². The van der Waals surface area contributed by atoms with Crippen LogP contribution in [0.15, 0.2) is 88.9 Å². The molecule has 6 nitrogen and oxygen atoms in total. The smallest absolute Gasteiger partial charge is 0.343 e. The molecule has 1 aliphatic rings. The van der Waals surface area contributed by atoms with E-state index in [1.807, 2.05) is 6.07 Å². The zero-order valence-electron chi connectivity index (χ0n) is 15.5. The largest absolute Gasteiger partial charge is 0.422 e. The number of hydrogen-bond donors (Lipinski definition) is 1. The maximum Gasteiger partial charge on any atom is 0.343 e. The molecule has 0 aliphatic carbocycles. The Kier molecular flexibility index (Phi) is 5.45. The van der Waals surface area contributed by atoms with Gasteiger partial charge in [0.05, 0.1) is 11.3 Å². The summed E-state index contributed by atoms with van der Waals surface area (Å²) in [5, 5.41) is 1.19. The van der Waals surface area contributed by atoms with Crippen molar-refractivity contribution >= 4 is 45.5 Å². The molecular weight excluding hydrogens is 448 g/mol. The zero-order valence-corrected chi connectivity index (χ0v) is 17.1. The monoisotopic (exact) mass is 462 g/mol. The normalized spacial score (nSPS) is 14.7. The molecule has 0 spiro atoms. The number of carbonyl (C=O) groups is 3. The van der Waals surface area contributed by atoms with Gasteiger partial charge in [-0.25, -0.2) is 9.80 Å². The van der Waals surface area contributed by atoms with Crippen molar-refractivity contribution in [3.63, 3.8) is 0 Å². The number of esters is 1. The van der Waals surface area contributed by atoms with E-state index in [0.29, 0.717) is 16.8 Å². The fourth-order valence-electron chi connectivity index (χ4n) is 2.91. The Morgan fingerprint density at radius 1 is 0.900 bits per heavy atom. The maximum absolute atomic E-state index is 12.8. The van der Waals surface area contributed by atoms with E-state index in [-0.39, 0.29) is 11.3 Å². The van der Waals surface area contributed by atoms with Crippen LogP contribution in [0.1, 0.15) is 15.9 Å². The summed E-state index contributed by atoms with van der Waals surface area (Å²) >= 11 is 3.32. The lowest BCUT2D eigenvalue weighted by atomic mass is 10.1. The SMILES string of the molecule is O=C1NN(c2ccccc2)C(=O)C1=Cc1ccccc1OC(=O)c1ccc(Br)cc1. The molecule has 1 fully saturated rings. The fourth-order valence-corrected chi connectivity index (χ4v) is 3.17. The van der Waals surface area contributed by atoms with Crippen molar-refractivity contribution < 1.29 is 19.1 Å². The molecule has 0 bridgehead atoms. The highest BCUT2D eigenvalue weighted by atomic mass is 79.9. The van der Waals surface area contributed by atoms with Crippen LogP contribution < -0.4 is 15.2 Å². The minimum absolute atomic E-state index is 0.0500. The van der Waals surface area contributed by atoms with Gasteiger partial charge < -0.3 is 4.74 Å². The Morgan fingerprint density at radius 3 is 2.30 bits per heavy atom. The number of anilines is 1. The molecule has 1 saturated heterocycles. The van der Waals surface area contributed by atoms with Crippen LogP contribution in [0.5, 0.6) is 5.75 Å². The van der Waals surface area contributed by atoms with Gasteiger partial charge in [0.2, 0.25) is 0 Å². The highest BCUT2D eigenvalue weighted by Crippen LogP contribution is 2.26. The molecule has 1 heterocycles. The number of nitrogens with one attached hydrogen (secondary N) is 1. The Hall–Kier alpha value is -3.71. The Balaban J connectivity index is 1.61. The minimum atomic E-state index is -0.540. The van der Waals surface area contributed by atoms with Crippen molar-refractivity contribution in [1.82, 2.24) is 5.43 Å². The van der Waals surface area contributed by atoms with Crippen LogP contribution in [0, 0.1) is 0 Å². The maximum atomic E-state index is 12.8. The van der Waals surface area contributed by atoms with E-state index >= 15 is 0 Å². The first kappa shape index (κ1) is 19.6. The van der Waals surface area contributed by atoms with Crippen LogP contribution in [-0.2, 0) is 9.59 Å². The number of nitrogens with zero attached hydrogens (tertiary/aromatic N) is 1. The van der Waals surface area contributed by atoms with Crippen molar-refractivity contribution in [2.45, 2.75) is 0 Å². The number of ether oxygens (including phenoxy) is 1. The second kappa shape index (κ2) is 8.34. The summed E-state index contributed by atoms with van der Waals surface area (Å²) in [4.78, 5) is 37.6. The van der Waals surface area contributed by atoms with E-state index in [1.54, 1.807) is 72.8 Å². The number of amides is 2. The molecule has 4 rings (SSSR count). The molecule has 0 radical (unpaired) electrons. The van der Waals surface area contributed by atoms with E-state index in [2.05, 4.69) is 21.4 Å². The van der Waals surface area contributed by atoms with Crippen molar-refractivity contribution in [2.75, 3.05) is 5.01 Å². The number of carbonyl (C=O) groups excluding carboxylic acids is 3. The molecule has 148 valence electrons. The van der Waals surface area contributed by atoms with Crippen LogP contribution in [0.2, 0.25) is 0 Å². The number of hydrazine groups is 1. The highest BCUT2D eigenvalue weighted by Gasteiger charge is 2.34. The molecule has 3 aromatic rings. The highest BCUT2D eigenvalue weighted by molar-refractivity contribution is 9.10. The summed E-state index contributed by atoms with van der Waals surface area (Å²) in [7, 11) is 0. The summed E-state index contributed by atoms with van der Waals surface area (Å²) in [5.74, 6) is -1.31. The molecule has 0 saturated carbocycles. The van der Waals surface area contributed by atoms with E-state index in [9.17, 15) is 14.4 Å². The Bertz CT molecular complexity index is 1160. The van der Waals surface area contributed by atoms with Crippen LogP contribution in [0.3, 0.4) is 0 Å². The van der Waals surface area contributed by atoms with Crippen molar-refractivity contribution in [2.24, 2.45) is 0 Å². The van der Waals surface area contributed by atoms with Gasteiger partial charge in [-0.15, -0.1) is 0 Å². The van der Waals surface area contributed by atoms with Crippen LogP contribution in [-0.4, -0.2) is 17.8 Å². The number of halogens is 1. The van der Waals surface area contributed by atoms with E-state index < -0.39 is 17.8 Å². The summed E-state index contributed by atoms with van der Waals surface area (Å²) in [5.41, 5.74) is 3.87. The van der Waals surface area contributed by atoms with Gasteiger partial charge in [-0.2, -0.15) is 0 Å². The molecular formula is C23H15BrN2O4. The number of hydrogen-bond acceptors (Lipinski definition) is 4. The topological polar surface area (TPSA) is 75.7 Å². The van der Waals surface area contributed by atoms with E-state index in [4.69, 9.17) is 4.74 Å². The second-order valence-corrected chi connectivity index (χ2v) is 7.32. The fraction of sp³-hybridized carbons (Fsp3) is 0. The van der Waals surface area contributed by atoms with Gasteiger partial charge in [0.1, 0.15) is 11.3 Å². The predicted molar refractivity (Wildman–Crippen MR) is 116 cm³/mol. The molecule has 7 heteroatoms. The van der Waals surface area contributed by atoms with Gasteiger partial charge >= 0.3 is 5.97 Å². The molecule has 0 atom stereocenters. The molecule has 1 N–H and O–H groups in total. The first-order chi connectivity index (χ1) is 14.5. The average molecular weight is 463 g/mol. The van der Waals surface area contributed by atoms with Gasteiger partial charge in [0.25, 0.3) is 11.8 Å². The molecule has 0 unspecified atom stereocenters. The lowest BCUT2D eigenvalue weighted by Gasteiger charge is -2.13. The summed E-state index contributed by atoms with van der Waals surface area (Å²) in [6, 6.07) is 22.3. The number of benzene rings is 3. The predicted octanol–water partition coefficient (Wildman–Crippen LogP) is 4.13. The third kappa shape index (κ3) is 4.01. The first-order valence-electron chi connectivity index (χ1n) is 9.02. The molecule has 30 heavy (non-hydrogen) atoms. The summed E-state index contributed by atoms with van der Waals surface area (Å²) in [6.07, 6.45) is 1.42. The van der Waals surface area contributed by atoms with Crippen LogP contribution in [0.4, 0.5) is 5.69 Å².